The number of rotatable bonds is 4. The third kappa shape index (κ3) is 3.81. The molecule has 0 N–H and O–H groups in total. The van der Waals surface area contributed by atoms with Gasteiger partial charge in [-0.1, -0.05) is 49.9 Å². The van der Waals surface area contributed by atoms with Crippen molar-refractivity contribution >= 4 is 12.0 Å². The Morgan fingerprint density at radius 3 is 2.50 bits per heavy atom. The molecule has 1 heterocycles. The van der Waals surface area contributed by atoms with Gasteiger partial charge in [0.2, 0.25) is 5.91 Å². The molecular formula is C18H21F2NO. The van der Waals surface area contributed by atoms with Crippen LogP contribution in [0.25, 0.3) is 6.08 Å². The fraction of sp³-hybridized carbons (Fsp3) is 0.389. The number of halogens is 2. The second-order valence-corrected chi connectivity index (χ2v) is 5.96. The zero-order valence-corrected chi connectivity index (χ0v) is 12.9. The minimum atomic E-state index is -2.81. The van der Waals surface area contributed by atoms with Crippen molar-refractivity contribution in [3.8, 4) is 0 Å². The van der Waals surface area contributed by atoms with Gasteiger partial charge in [-0.3, -0.25) is 4.79 Å². The Labute approximate surface area is 130 Å². The topological polar surface area (TPSA) is 20.3 Å². The molecule has 1 aliphatic heterocycles. The molecule has 0 radical (unpaired) electrons. The standard InChI is InChI=1S/C18H21F2NO/c1-4-17(22)21-11-13(2)15(12-21)8-5-14-6-9-16(10-7-14)18(3,19)20/h4-10,13,15H,1,11-12H2,2-3H3/b8-5+/t13-,15-/m1/s1. The number of benzene rings is 1. The highest BCUT2D eigenvalue weighted by atomic mass is 19.3. The summed E-state index contributed by atoms with van der Waals surface area (Å²) in [4.78, 5) is 13.4. The van der Waals surface area contributed by atoms with Crippen molar-refractivity contribution in [1.29, 1.82) is 0 Å². The van der Waals surface area contributed by atoms with Crippen molar-refractivity contribution in [3.63, 3.8) is 0 Å². The van der Waals surface area contributed by atoms with Crippen LogP contribution in [0.2, 0.25) is 0 Å². The van der Waals surface area contributed by atoms with Crippen LogP contribution in [0.3, 0.4) is 0 Å². The predicted octanol–water partition coefficient (Wildman–Crippen LogP) is 4.09. The molecule has 0 aliphatic carbocycles. The third-order valence-corrected chi connectivity index (χ3v) is 4.11. The summed E-state index contributed by atoms with van der Waals surface area (Å²) in [6.45, 7) is 7.90. The van der Waals surface area contributed by atoms with Crippen LogP contribution in [0.1, 0.15) is 25.0 Å². The number of hydrogen-bond donors (Lipinski definition) is 0. The molecule has 1 aromatic carbocycles. The Balaban J connectivity index is 2.03. The van der Waals surface area contributed by atoms with Crippen LogP contribution < -0.4 is 0 Å². The zero-order chi connectivity index (χ0) is 16.3. The van der Waals surface area contributed by atoms with E-state index in [2.05, 4.69) is 19.6 Å². The van der Waals surface area contributed by atoms with Crippen molar-refractivity contribution < 1.29 is 13.6 Å². The molecule has 0 spiro atoms. The van der Waals surface area contributed by atoms with E-state index in [0.717, 1.165) is 19.0 Å². The van der Waals surface area contributed by atoms with Crippen molar-refractivity contribution in [2.75, 3.05) is 13.1 Å². The van der Waals surface area contributed by atoms with Crippen molar-refractivity contribution in [3.05, 3.63) is 54.1 Å². The van der Waals surface area contributed by atoms with E-state index in [0.29, 0.717) is 12.5 Å². The quantitative estimate of drug-likeness (QED) is 0.767. The van der Waals surface area contributed by atoms with Crippen molar-refractivity contribution in [1.82, 2.24) is 4.90 Å². The predicted molar refractivity (Wildman–Crippen MR) is 84.5 cm³/mol. The second-order valence-electron chi connectivity index (χ2n) is 5.96. The van der Waals surface area contributed by atoms with E-state index < -0.39 is 5.92 Å². The van der Waals surface area contributed by atoms with Crippen LogP contribution >= 0.6 is 0 Å². The smallest absolute Gasteiger partial charge is 0.270 e. The number of nitrogens with zero attached hydrogens (tertiary/aromatic N) is 1. The van der Waals surface area contributed by atoms with Crippen LogP contribution in [0, 0.1) is 11.8 Å². The lowest BCUT2D eigenvalue weighted by Gasteiger charge is -2.12. The minimum absolute atomic E-state index is 0.0154. The molecule has 2 nitrogen and oxygen atoms in total. The Morgan fingerprint density at radius 1 is 1.32 bits per heavy atom. The SMILES string of the molecule is C=CC(=O)N1C[C@@H](C)[C@H](/C=C/c2ccc(C(C)(F)F)cc2)C1. The molecule has 0 saturated carbocycles. The van der Waals surface area contributed by atoms with Crippen molar-refractivity contribution in [2.45, 2.75) is 19.8 Å². The Bertz CT molecular complexity index is 572. The van der Waals surface area contributed by atoms with Gasteiger partial charge in [-0.25, -0.2) is 8.78 Å². The molecular weight excluding hydrogens is 284 g/mol. The van der Waals surface area contributed by atoms with Gasteiger partial charge in [-0.2, -0.15) is 0 Å². The number of likely N-dealkylation sites (tertiary alicyclic amines) is 1. The number of alkyl halides is 2. The average molecular weight is 305 g/mol. The molecule has 0 bridgehead atoms. The first-order valence-electron chi connectivity index (χ1n) is 7.39. The van der Waals surface area contributed by atoms with E-state index in [1.807, 2.05) is 6.08 Å². The maximum absolute atomic E-state index is 13.2. The fourth-order valence-electron chi connectivity index (χ4n) is 2.67. The van der Waals surface area contributed by atoms with Gasteiger partial charge in [0, 0.05) is 25.6 Å². The largest absolute Gasteiger partial charge is 0.338 e. The molecule has 2 rings (SSSR count). The highest BCUT2D eigenvalue weighted by Gasteiger charge is 2.29. The molecule has 1 aliphatic rings. The van der Waals surface area contributed by atoms with Gasteiger partial charge in [0.25, 0.3) is 5.92 Å². The van der Waals surface area contributed by atoms with Gasteiger partial charge in [0.15, 0.2) is 0 Å². The summed E-state index contributed by atoms with van der Waals surface area (Å²) in [6, 6.07) is 6.28. The summed E-state index contributed by atoms with van der Waals surface area (Å²) < 4.78 is 26.3. The van der Waals surface area contributed by atoms with Gasteiger partial charge in [-0.05, 0) is 23.5 Å². The number of carbonyl (C=O) groups excluding carboxylic acids is 1. The first kappa shape index (κ1) is 16.4. The van der Waals surface area contributed by atoms with E-state index in [-0.39, 0.29) is 17.4 Å². The van der Waals surface area contributed by atoms with Crippen LogP contribution in [0.15, 0.2) is 43.0 Å². The molecule has 0 aromatic heterocycles. The average Bonchev–Trinajstić information content (AvgIpc) is 2.85. The Morgan fingerprint density at radius 2 is 1.95 bits per heavy atom. The number of amides is 1. The molecule has 1 amide bonds. The lowest BCUT2D eigenvalue weighted by molar-refractivity contribution is -0.125. The maximum atomic E-state index is 13.2. The van der Waals surface area contributed by atoms with Gasteiger partial charge in [-0.15, -0.1) is 0 Å². The molecule has 1 saturated heterocycles. The third-order valence-electron chi connectivity index (χ3n) is 4.11. The first-order chi connectivity index (χ1) is 10.3. The maximum Gasteiger partial charge on any atom is 0.270 e. The van der Waals surface area contributed by atoms with E-state index in [1.165, 1.54) is 18.2 Å². The summed E-state index contributed by atoms with van der Waals surface area (Å²) in [5, 5.41) is 0. The summed E-state index contributed by atoms with van der Waals surface area (Å²) >= 11 is 0. The molecule has 22 heavy (non-hydrogen) atoms. The zero-order valence-electron chi connectivity index (χ0n) is 12.9. The van der Waals surface area contributed by atoms with Crippen molar-refractivity contribution in [2.24, 2.45) is 11.8 Å². The Kier molecular flexibility index (Phi) is 4.79. The van der Waals surface area contributed by atoms with Gasteiger partial charge >= 0.3 is 0 Å². The van der Waals surface area contributed by atoms with Crippen LogP contribution in [0.4, 0.5) is 8.78 Å². The fourth-order valence-corrected chi connectivity index (χ4v) is 2.67. The monoisotopic (exact) mass is 305 g/mol. The van der Waals surface area contributed by atoms with E-state index >= 15 is 0 Å². The minimum Gasteiger partial charge on any atom is -0.338 e. The molecule has 1 fully saturated rings. The van der Waals surface area contributed by atoms with Crippen LogP contribution in [-0.4, -0.2) is 23.9 Å². The summed E-state index contributed by atoms with van der Waals surface area (Å²) in [6.07, 6.45) is 5.32. The van der Waals surface area contributed by atoms with Gasteiger partial charge in [0.1, 0.15) is 0 Å². The first-order valence-corrected chi connectivity index (χ1v) is 7.39. The van der Waals surface area contributed by atoms with E-state index in [1.54, 1.807) is 17.0 Å². The second kappa shape index (κ2) is 6.42. The Hall–Kier alpha value is -1.97. The summed E-state index contributed by atoms with van der Waals surface area (Å²) in [7, 11) is 0. The van der Waals surface area contributed by atoms with E-state index in [9.17, 15) is 13.6 Å². The molecule has 0 unspecified atom stereocenters. The molecule has 1 aromatic rings. The van der Waals surface area contributed by atoms with E-state index in [4.69, 9.17) is 0 Å². The summed E-state index contributed by atoms with van der Waals surface area (Å²) in [5.41, 5.74) is 0.898. The van der Waals surface area contributed by atoms with Gasteiger partial charge in [0.05, 0.1) is 0 Å². The number of hydrogen-bond acceptors (Lipinski definition) is 1. The summed E-state index contributed by atoms with van der Waals surface area (Å²) in [5.74, 6) is -2.21. The highest BCUT2D eigenvalue weighted by molar-refractivity contribution is 5.87. The lowest BCUT2D eigenvalue weighted by atomic mass is 9.97. The van der Waals surface area contributed by atoms with Crippen LogP contribution in [-0.2, 0) is 10.7 Å². The van der Waals surface area contributed by atoms with Crippen LogP contribution in [0.5, 0.6) is 0 Å². The highest BCUT2D eigenvalue weighted by Crippen LogP contribution is 2.28. The van der Waals surface area contributed by atoms with Gasteiger partial charge < -0.3 is 4.90 Å². The molecule has 118 valence electrons. The number of carbonyl (C=O) groups is 1. The molecule has 2 atom stereocenters. The molecule has 4 heteroatoms. The normalized spacial score (nSPS) is 22.3. The lowest BCUT2D eigenvalue weighted by Crippen LogP contribution is -2.26.